The van der Waals surface area contributed by atoms with Gasteiger partial charge in [0, 0.05) is 36.1 Å². The number of carbonyl (C=O) groups is 1. The predicted octanol–water partition coefficient (Wildman–Crippen LogP) is 3.39. The molecule has 0 spiro atoms. The predicted molar refractivity (Wildman–Crippen MR) is 89.4 cm³/mol. The molecule has 0 aliphatic rings. The van der Waals surface area contributed by atoms with E-state index in [1.54, 1.807) is 31.4 Å². The smallest absolute Gasteiger partial charge is 0.271 e. The lowest BCUT2D eigenvalue weighted by atomic mass is 10.1. The Bertz CT molecular complexity index is 746. The molecule has 0 saturated carbocycles. The molecule has 0 aliphatic heterocycles. The van der Waals surface area contributed by atoms with Gasteiger partial charge in [-0.05, 0) is 31.2 Å². The van der Waals surface area contributed by atoms with Crippen LogP contribution < -0.4 is 10.1 Å². The van der Waals surface area contributed by atoms with Crippen LogP contribution in [0.15, 0.2) is 42.5 Å². The molecule has 2 rings (SSSR count). The first kappa shape index (κ1) is 17.4. The molecule has 7 heteroatoms. The van der Waals surface area contributed by atoms with Crippen molar-refractivity contribution in [2.45, 2.75) is 13.5 Å². The molecule has 0 unspecified atom stereocenters. The molecule has 1 N–H and O–H groups in total. The summed E-state index contributed by atoms with van der Waals surface area (Å²) in [5.41, 5.74) is 1.44. The number of hydrogen-bond donors (Lipinski definition) is 1. The lowest BCUT2D eigenvalue weighted by Gasteiger charge is -2.12. The van der Waals surface area contributed by atoms with Crippen molar-refractivity contribution in [3.8, 4) is 5.75 Å². The van der Waals surface area contributed by atoms with Crippen LogP contribution in [0, 0.1) is 10.1 Å². The number of anilines is 1. The molecule has 126 valence electrons. The van der Waals surface area contributed by atoms with E-state index in [1.807, 2.05) is 6.92 Å². The number of nitro benzene ring substituents is 1. The van der Waals surface area contributed by atoms with Gasteiger partial charge in [0.25, 0.3) is 11.6 Å². The highest BCUT2D eigenvalue weighted by atomic mass is 16.6. The summed E-state index contributed by atoms with van der Waals surface area (Å²) in [5, 5.41) is 13.4. The number of ether oxygens (including phenoxy) is 2. The first-order valence-corrected chi connectivity index (χ1v) is 7.35. The van der Waals surface area contributed by atoms with Crippen LogP contribution in [0.3, 0.4) is 0 Å². The molecule has 1 amide bonds. The second kappa shape index (κ2) is 8.07. The van der Waals surface area contributed by atoms with E-state index in [2.05, 4.69) is 5.32 Å². The van der Waals surface area contributed by atoms with Crippen molar-refractivity contribution in [3.05, 3.63) is 63.7 Å². The number of rotatable bonds is 7. The quantitative estimate of drug-likeness (QED) is 0.620. The maximum atomic E-state index is 12.4. The van der Waals surface area contributed by atoms with E-state index in [9.17, 15) is 14.9 Å². The van der Waals surface area contributed by atoms with Crippen LogP contribution in [0.25, 0.3) is 0 Å². The Kier molecular flexibility index (Phi) is 5.86. The number of amides is 1. The van der Waals surface area contributed by atoms with Gasteiger partial charge in [0.15, 0.2) is 0 Å². The standard InChI is InChI=1S/C17H18N2O5/c1-3-24-16-8-7-12(9-13(16)11-23-2)17(20)18-14-5-4-6-15(10-14)19(21)22/h4-10H,3,11H2,1-2H3,(H,18,20). The Labute approximate surface area is 139 Å². The topological polar surface area (TPSA) is 90.7 Å². The van der Waals surface area contributed by atoms with Gasteiger partial charge in [0.05, 0.1) is 18.1 Å². The van der Waals surface area contributed by atoms with E-state index in [-0.39, 0.29) is 11.6 Å². The maximum Gasteiger partial charge on any atom is 0.271 e. The average Bonchev–Trinajstić information content (AvgIpc) is 2.57. The lowest BCUT2D eigenvalue weighted by Crippen LogP contribution is -2.13. The number of hydrogen-bond acceptors (Lipinski definition) is 5. The summed E-state index contributed by atoms with van der Waals surface area (Å²) in [7, 11) is 1.56. The third-order valence-corrected chi connectivity index (χ3v) is 3.24. The zero-order valence-electron chi connectivity index (χ0n) is 13.4. The van der Waals surface area contributed by atoms with Gasteiger partial charge >= 0.3 is 0 Å². The SMILES string of the molecule is CCOc1ccc(C(=O)Nc2cccc([N+](=O)[O-])c2)cc1COC. The number of methoxy groups -OCH3 is 1. The number of nitrogens with one attached hydrogen (secondary N) is 1. The van der Waals surface area contributed by atoms with E-state index in [0.29, 0.717) is 30.2 Å². The van der Waals surface area contributed by atoms with Crippen LogP contribution in [-0.2, 0) is 11.3 Å². The molecule has 0 radical (unpaired) electrons. The van der Waals surface area contributed by atoms with E-state index in [4.69, 9.17) is 9.47 Å². The second-order valence-electron chi connectivity index (χ2n) is 4.95. The van der Waals surface area contributed by atoms with Gasteiger partial charge in [-0.15, -0.1) is 0 Å². The molecule has 0 heterocycles. The minimum atomic E-state index is -0.511. The van der Waals surface area contributed by atoms with Crippen molar-refractivity contribution in [3.63, 3.8) is 0 Å². The number of carbonyl (C=O) groups excluding carboxylic acids is 1. The maximum absolute atomic E-state index is 12.4. The average molecular weight is 330 g/mol. The Morgan fingerprint density at radius 1 is 1.25 bits per heavy atom. The van der Waals surface area contributed by atoms with Crippen LogP contribution in [-0.4, -0.2) is 24.5 Å². The highest BCUT2D eigenvalue weighted by Crippen LogP contribution is 2.23. The van der Waals surface area contributed by atoms with Crippen molar-refractivity contribution in [1.82, 2.24) is 0 Å². The molecular formula is C17H18N2O5. The molecule has 0 aromatic heterocycles. The molecule has 0 saturated heterocycles. The van der Waals surface area contributed by atoms with Gasteiger partial charge in [-0.1, -0.05) is 6.07 Å². The summed E-state index contributed by atoms with van der Waals surface area (Å²) in [5.74, 6) is 0.294. The van der Waals surface area contributed by atoms with Gasteiger partial charge in [0.1, 0.15) is 5.75 Å². The van der Waals surface area contributed by atoms with Crippen LogP contribution in [0.4, 0.5) is 11.4 Å². The molecule has 7 nitrogen and oxygen atoms in total. The fraction of sp³-hybridized carbons (Fsp3) is 0.235. The monoisotopic (exact) mass is 330 g/mol. The first-order valence-electron chi connectivity index (χ1n) is 7.35. The lowest BCUT2D eigenvalue weighted by molar-refractivity contribution is -0.384. The zero-order chi connectivity index (χ0) is 17.5. The molecule has 0 bridgehead atoms. The minimum Gasteiger partial charge on any atom is -0.494 e. The fourth-order valence-electron chi connectivity index (χ4n) is 2.19. The van der Waals surface area contributed by atoms with E-state index < -0.39 is 4.92 Å². The van der Waals surface area contributed by atoms with Crippen molar-refractivity contribution < 1.29 is 19.2 Å². The highest BCUT2D eigenvalue weighted by molar-refractivity contribution is 6.04. The highest BCUT2D eigenvalue weighted by Gasteiger charge is 2.12. The third-order valence-electron chi connectivity index (χ3n) is 3.24. The third kappa shape index (κ3) is 4.30. The Hall–Kier alpha value is -2.93. The summed E-state index contributed by atoms with van der Waals surface area (Å²) in [6.45, 7) is 2.70. The van der Waals surface area contributed by atoms with Crippen molar-refractivity contribution in [2.24, 2.45) is 0 Å². The summed E-state index contributed by atoms with van der Waals surface area (Å²) in [6.07, 6.45) is 0. The zero-order valence-corrected chi connectivity index (χ0v) is 13.4. The van der Waals surface area contributed by atoms with Crippen LogP contribution in [0.2, 0.25) is 0 Å². The number of nitro groups is 1. The molecule has 0 fully saturated rings. The summed E-state index contributed by atoms with van der Waals surface area (Å²) < 4.78 is 10.6. The fourth-order valence-corrected chi connectivity index (χ4v) is 2.19. The van der Waals surface area contributed by atoms with Gasteiger partial charge in [-0.25, -0.2) is 0 Å². The number of benzene rings is 2. The summed E-state index contributed by atoms with van der Waals surface area (Å²) in [6, 6.07) is 10.8. The van der Waals surface area contributed by atoms with Gasteiger partial charge < -0.3 is 14.8 Å². The Morgan fingerprint density at radius 2 is 2.04 bits per heavy atom. The molecule has 2 aromatic rings. The van der Waals surface area contributed by atoms with Crippen LogP contribution in [0.1, 0.15) is 22.8 Å². The molecular weight excluding hydrogens is 312 g/mol. The van der Waals surface area contributed by atoms with E-state index in [1.165, 1.54) is 18.2 Å². The van der Waals surface area contributed by atoms with Crippen LogP contribution in [0.5, 0.6) is 5.75 Å². The van der Waals surface area contributed by atoms with Crippen LogP contribution >= 0.6 is 0 Å². The van der Waals surface area contributed by atoms with Gasteiger partial charge in [0.2, 0.25) is 0 Å². The Balaban J connectivity index is 2.21. The largest absolute Gasteiger partial charge is 0.494 e. The van der Waals surface area contributed by atoms with E-state index >= 15 is 0 Å². The number of nitrogens with zero attached hydrogens (tertiary/aromatic N) is 1. The van der Waals surface area contributed by atoms with Gasteiger partial charge in [-0.2, -0.15) is 0 Å². The van der Waals surface area contributed by atoms with Gasteiger partial charge in [-0.3, -0.25) is 14.9 Å². The molecule has 2 aromatic carbocycles. The van der Waals surface area contributed by atoms with Crippen molar-refractivity contribution >= 4 is 17.3 Å². The first-order chi connectivity index (χ1) is 11.5. The summed E-state index contributed by atoms with van der Waals surface area (Å²) in [4.78, 5) is 22.6. The Morgan fingerprint density at radius 3 is 2.71 bits per heavy atom. The molecule has 24 heavy (non-hydrogen) atoms. The second-order valence-corrected chi connectivity index (χ2v) is 4.95. The van der Waals surface area contributed by atoms with E-state index in [0.717, 1.165) is 5.56 Å². The number of non-ortho nitro benzene ring substituents is 1. The minimum absolute atomic E-state index is 0.0837. The molecule has 0 aliphatic carbocycles. The normalized spacial score (nSPS) is 10.2. The van der Waals surface area contributed by atoms with Crippen molar-refractivity contribution in [2.75, 3.05) is 19.0 Å². The van der Waals surface area contributed by atoms with Crippen molar-refractivity contribution in [1.29, 1.82) is 0 Å². The summed E-state index contributed by atoms with van der Waals surface area (Å²) >= 11 is 0. The molecule has 0 atom stereocenters.